The Hall–Kier alpha value is -2.00. The molecule has 0 saturated carbocycles. The van der Waals surface area contributed by atoms with Gasteiger partial charge in [0.25, 0.3) is 0 Å². The van der Waals surface area contributed by atoms with Crippen LogP contribution in [0.1, 0.15) is 22.6 Å². The van der Waals surface area contributed by atoms with Gasteiger partial charge in [-0.3, -0.25) is 0 Å². The molecule has 0 atom stereocenters. The van der Waals surface area contributed by atoms with Crippen LogP contribution in [0.4, 0.5) is 0 Å². The molecule has 0 N–H and O–H groups in total. The second-order valence-electron chi connectivity index (χ2n) is 5.21. The van der Waals surface area contributed by atoms with E-state index in [1.807, 2.05) is 0 Å². The zero-order valence-corrected chi connectivity index (χ0v) is 12.9. The maximum Gasteiger partial charge on any atom is 0.147 e. The minimum absolute atomic E-state index is 0.998. The van der Waals surface area contributed by atoms with Crippen LogP contribution < -0.4 is 0 Å². The Bertz CT molecular complexity index is 687. The number of aromatic nitrogens is 2. The molecule has 0 spiro atoms. The van der Waals surface area contributed by atoms with Crippen molar-refractivity contribution in [3.8, 4) is 10.6 Å². The molecule has 3 rings (SSSR count). The lowest BCUT2D eigenvalue weighted by Gasteiger charge is -1.98. The molecule has 0 amide bonds. The minimum Gasteiger partial charge on any atom is -0.143 e. The third kappa shape index (κ3) is 3.76. The van der Waals surface area contributed by atoms with Crippen LogP contribution in [0.15, 0.2) is 54.6 Å². The van der Waals surface area contributed by atoms with Crippen molar-refractivity contribution in [2.24, 2.45) is 0 Å². The first-order chi connectivity index (χ1) is 10.3. The van der Waals surface area contributed by atoms with Gasteiger partial charge in [0.15, 0.2) is 0 Å². The lowest BCUT2D eigenvalue weighted by atomic mass is 10.1. The fourth-order valence-electron chi connectivity index (χ4n) is 2.26. The first-order valence-corrected chi connectivity index (χ1v) is 8.06. The summed E-state index contributed by atoms with van der Waals surface area (Å²) in [5.74, 6) is 0. The lowest BCUT2D eigenvalue weighted by molar-refractivity contribution is 0.802. The topological polar surface area (TPSA) is 25.8 Å². The highest BCUT2D eigenvalue weighted by Gasteiger charge is 2.06. The van der Waals surface area contributed by atoms with E-state index in [1.54, 1.807) is 11.3 Å². The third-order valence-corrected chi connectivity index (χ3v) is 4.50. The third-order valence-electron chi connectivity index (χ3n) is 3.46. The van der Waals surface area contributed by atoms with E-state index in [-0.39, 0.29) is 0 Å². The van der Waals surface area contributed by atoms with Crippen LogP contribution in [0.2, 0.25) is 0 Å². The van der Waals surface area contributed by atoms with Crippen molar-refractivity contribution in [3.05, 3.63) is 70.7 Å². The van der Waals surface area contributed by atoms with Crippen LogP contribution in [0.5, 0.6) is 0 Å². The van der Waals surface area contributed by atoms with Gasteiger partial charge in [-0.2, -0.15) is 0 Å². The molecule has 2 aromatic carbocycles. The largest absolute Gasteiger partial charge is 0.147 e. The fourth-order valence-corrected chi connectivity index (χ4v) is 3.14. The zero-order chi connectivity index (χ0) is 14.5. The smallest absolute Gasteiger partial charge is 0.143 e. The van der Waals surface area contributed by atoms with E-state index in [0.717, 1.165) is 34.8 Å². The summed E-state index contributed by atoms with van der Waals surface area (Å²) in [5, 5.41) is 10.8. The summed E-state index contributed by atoms with van der Waals surface area (Å²) in [7, 11) is 0. The van der Waals surface area contributed by atoms with E-state index in [9.17, 15) is 0 Å². The zero-order valence-electron chi connectivity index (χ0n) is 12.1. The van der Waals surface area contributed by atoms with Crippen LogP contribution in [0.25, 0.3) is 10.6 Å². The molecule has 0 unspecified atom stereocenters. The SMILES string of the molecule is Cc1ccc(-c2nnc(CCCc3ccccc3)s2)cc1. The maximum absolute atomic E-state index is 4.31. The first kappa shape index (κ1) is 14.0. The highest BCUT2D eigenvalue weighted by Crippen LogP contribution is 2.24. The molecule has 0 aliphatic heterocycles. The van der Waals surface area contributed by atoms with Crippen LogP contribution in [-0.2, 0) is 12.8 Å². The lowest BCUT2D eigenvalue weighted by Crippen LogP contribution is -1.89. The normalized spacial score (nSPS) is 10.7. The van der Waals surface area contributed by atoms with Crippen molar-refractivity contribution < 1.29 is 0 Å². The molecule has 1 heterocycles. The number of rotatable bonds is 5. The summed E-state index contributed by atoms with van der Waals surface area (Å²) in [5.41, 5.74) is 3.82. The number of aryl methyl sites for hydroxylation is 3. The average Bonchev–Trinajstić information content (AvgIpc) is 2.98. The van der Waals surface area contributed by atoms with Crippen molar-refractivity contribution in [3.63, 3.8) is 0 Å². The molecule has 3 aromatic rings. The quantitative estimate of drug-likeness (QED) is 0.682. The van der Waals surface area contributed by atoms with Gasteiger partial charge >= 0.3 is 0 Å². The Morgan fingerprint density at radius 1 is 0.857 bits per heavy atom. The van der Waals surface area contributed by atoms with E-state index < -0.39 is 0 Å². The molecule has 0 aliphatic rings. The molecule has 106 valence electrons. The molecule has 1 aromatic heterocycles. The van der Waals surface area contributed by atoms with Gasteiger partial charge in [0.05, 0.1) is 0 Å². The van der Waals surface area contributed by atoms with Gasteiger partial charge in [0.1, 0.15) is 10.0 Å². The van der Waals surface area contributed by atoms with Crippen LogP contribution in [0, 0.1) is 6.92 Å². The number of hydrogen-bond acceptors (Lipinski definition) is 3. The highest BCUT2D eigenvalue weighted by molar-refractivity contribution is 7.14. The van der Waals surface area contributed by atoms with Gasteiger partial charge in [-0.1, -0.05) is 71.5 Å². The molecular weight excluding hydrogens is 276 g/mol. The van der Waals surface area contributed by atoms with E-state index in [2.05, 4.69) is 71.7 Å². The van der Waals surface area contributed by atoms with Gasteiger partial charge in [0, 0.05) is 12.0 Å². The standard InChI is InChI=1S/C18H18N2S/c1-14-10-12-16(13-11-14)18-20-19-17(21-18)9-5-8-15-6-3-2-4-7-15/h2-4,6-7,10-13H,5,8-9H2,1H3. The maximum atomic E-state index is 4.31. The van der Waals surface area contributed by atoms with Crippen molar-refractivity contribution >= 4 is 11.3 Å². The second-order valence-corrected chi connectivity index (χ2v) is 6.27. The summed E-state index contributed by atoms with van der Waals surface area (Å²) >= 11 is 1.70. The van der Waals surface area contributed by atoms with Gasteiger partial charge in [-0.05, 0) is 25.3 Å². The van der Waals surface area contributed by atoms with E-state index >= 15 is 0 Å². The molecule has 0 bridgehead atoms. The summed E-state index contributed by atoms with van der Waals surface area (Å²) in [6, 6.07) is 19.1. The van der Waals surface area contributed by atoms with E-state index in [4.69, 9.17) is 0 Å². The molecular formula is C18H18N2S. The first-order valence-electron chi connectivity index (χ1n) is 7.24. The van der Waals surface area contributed by atoms with Crippen LogP contribution >= 0.6 is 11.3 Å². The molecule has 0 fully saturated rings. The fraction of sp³-hybridized carbons (Fsp3) is 0.222. The van der Waals surface area contributed by atoms with Gasteiger partial charge in [-0.15, -0.1) is 10.2 Å². The number of benzene rings is 2. The Kier molecular flexibility index (Phi) is 4.41. The van der Waals surface area contributed by atoms with E-state index in [1.165, 1.54) is 11.1 Å². The Balaban J connectivity index is 1.59. The Labute approximate surface area is 129 Å². The van der Waals surface area contributed by atoms with Gasteiger partial charge in [-0.25, -0.2) is 0 Å². The van der Waals surface area contributed by atoms with Gasteiger partial charge < -0.3 is 0 Å². The number of nitrogens with zero attached hydrogens (tertiary/aromatic N) is 2. The predicted molar refractivity (Wildman–Crippen MR) is 88.5 cm³/mol. The highest BCUT2D eigenvalue weighted by atomic mass is 32.1. The molecule has 0 aliphatic carbocycles. The molecule has 21 heavy (non-hydrogen) atoms. The van der Waals surface area contributed by atoms with Crippen molar-refractivity contribution in [1.29, 1.82) is 0 Å². The minimum atomic E-state index is 0.998. The van der Waals surface area contributed by atoms with Crippen molar-refractivity contribution in [1.82, 2.24) is 10.2 Å². The predicted octanol–water partition coefficient (Wildman–Crippen LogP) is 4.69. The molecule has 0 radical (unpaired) electrons. The monoisotopic (exact) mass is 294 g/mol. The molecule has 3 heteroatoms. The van der Waals surface area contributed by atoms with Crippen LogP contribution in [0.3, 0.4) is 0 Å². The summed E-state index contributed by atoms with van der Waals surface area (Å²) < 4.78 is 0. The van der Waals surface area contributed by atoms with Gasteiger partial charge in [0.2, 0.25) is 0 Å². The Morgan fingerprint density at radius 2 is 1.62 bits per heavy atom. The molecule has 2 nitrogen and oxygen atoms in total. The molecule has 0 saturated heterocycles. The Morgan fingerprint density at radius 3 is 2.38 bits per heavy atom. The van der Waals surface area contributed by atoms with E-state index in [0.29, 0.717) is 0 Å². The number of hydrogen-bond donors (Lipinski definition) is 0. The van der Waals surface area contributed by atoms with Crippen molar-refractivity contribution in [2.45, 2.75) is 26.2 Å². The van der Waals surface area contributed by atoms with Crippen LogP contribution in [-0.4, -0.2) is 10.2 Å². The summed E-state index contributed by atoms with van der Waals surface area (Å²) in [4.78, 5) is 0. The summed E-state index contributed by atoms with van der Waals surface area (Å²) in [6.45, 7) is 2.10. The second kappa shape index (κ2) is 6.64. The average molecular weight is 294 g/mol. The summed E-state index contributed by atoms with van der Waals surface area (Å²) in [6.07, 6.45) is 3.21. The van der Waals surface area contributed by atoms with Crippen molar-refractivity contribution in [2.75, 3.05) is 0 Å².